The molecule has 8 nitrogen and oxygen atoms in total. The number of esters is 1. The molecule has 31 heavy (non-hydrogen) atoms. The van der Waals surface area contributed by atoms with Crippen LogP contribution in [-0.2, 0) is 20.9 Å². The van der Waals surface area contributed by atoms with E-state index >= 15 is 0 Å². The molecule has 1 atom stereocenters. The summed E-state index contributed by atoms with van der Waals surface area (Å²) in [4.78, 5) is 47.0. The smallest absolute Gasteiger partial charge is 0.354 e. The number of benzene rings is 2. The monoisotopic (exact) mass is 419 g/mol. The van der Waals surface area contributed by atoms with Crippen LogP contribution in [-0.4, -0.2) is 39.4 Å². The van der Waals surface area contributed by atoms with Crippen LogP contribution < -0.4 is 4.90 Å². The maximum atomic E-state index is 13.5. The molecule has 1 aromatic heterocycles. The van der Waals surface area contributed by atoms with Gasteiger partial charge in [-0.1, -0.05) is 24.3 Å². The van der Waals surface area contributed by atoms with E-state index in [1.54, 1.807) is 36.4 Å². The third-order valence-corrected chi connectivity index (χ3v) is 5.81. The summed E-state index contributed by atoms with van der Waals surface area (Å²) in [5.74, 6) is -0.933. The van der Waals surface area contributed by atoms with Gasteiger partial charge in [-0.25, -0.2) is 9.78 Å². The van der Waals surface area contributed by atoms with Gasteiger partial charge in [0.25, 0.3) is 5.91 Å². The normalized spacial score (nSPS) is 20.4. The number of nitrogens with zero attached hydrogens (tertiary/aromatic N) is 3. The Morgan fingerprint density at radius 1 is 1.16 bits per heavy atom. The topological polar surface area (TPSA) is 93.0 Å². The number of hydrogen-bond acceptors (Lipinski definition) is 6. The van der Waals surface area contributed by atoms with Gasteiger partial charge in [-0.05, 0) is 38.1 Å². The van der Waals surface area contributed by atoms with Crippen molar-refractivity contribution in [2.24, 2.45) is 0 Å². The van der Waals surface area contributed by atoms with Gasteiger partial charge in [-0.15, -0.1) is 0 Å². The average Bonchev–Trinajstić information content (AvgIpc) is 3.33. The number of aromatic nitrogens is 1. The molecule has 3 heterocycles. The number of rotatable bonds is 4. The maximum absolute atomic E-state index is 13.5. The molecule has 0 unspecified atom stereocenters. The molecule has 5 rings (SSSR count). The van der Waals surface area contributed by atoms with E-state index in [1.165, 1.54) is 9.80 Å². The predicted molar refractivity (Wildman–Crippen MR) is 111 cm³/mol. The van der Waals surface area contributed by atoms with E-state index in [1.807, 2.05) is 26.0 Å². The average molecular weight is 419 g/mol. The summed E-state index contributed by atoms with van der Waals surface area (Å²) in [7, 11) is 0. The number of hydrogen-bond donors (Lipinski definition) is 0. The van der Waals surface area contributed by atoms with Crippen LogP contribution in [0.15, 0.2) is 52.9 Å². The van der Waals surface area contributed by atoms with Crippen LogP contribution in [0.2, 0.25) is 0 Å². The van der Waals surface area contributed by atoms with Crippen molar-refractivity contribution in [2.75, 3.05) is 4.90 Å². The van der Waals surface area contributed by atoms with Crippen molar-refractivity contribution in [3.8, 4) is 0 Å². The number of anilines is 1. The van der Waals surface area contributed by atoms with Crippen molar-refractivity contribution < 1.29 is 23.5 Å². The zero-order valence-corrected chi connectivity index (χ0v) is 17.2. The van der Waals surface area contributed by atoms with Crippen molar-refractivity contribution >= 4 is 34.6 Å². The SMILES string of the molecule is CC(C)N1C(=O)c2ccccc2N2C(=O)CC[C@@]21C(=O)OCc1nc2ccccc2o1. The van der Waals surface area contributed by atoms with Gasteiger partial charge in [0.05, 0.1) is 11.3 Å². The third kappa shape index (κ3) is 2.74. The van der Waals surface area contributed by atoms with Gasteiger partial charge in [0.1, 0.15) is 5.52 Å². The van der Waals surface area contributed by atoms with E-state index in [0.717, 1.165) is 0 Å². The van der Waals surface area contributed by atoms with Crippen molar-refractivity contribution in [1.29, 1.82) is 0 Å². The molecule has 158 valence electrons. The number of carbonyl (C=O) groups is 3. The third-order valence-electron chi connectivity index (χ3n) is 5.81. The molecule has 2 amide bonds. The van der Waals surface area contributed by atoms with E-state index in [9.17, 15) is 14.4 Å². The highest BCUT2D eigenvalue weighted by molar-refractivity contribution is 6.15. The van der Waals surface area contributed by atoms with E-state index in [0.29, 0.717) is 22.4 Å². The van der Waals surface area contributed by atoms with Gasteiger partial charge in [-0.3, -0.25) is 14.5 Å². The van der Waals surface area contributed by atoms with Crippen molar-refractivity contribution in [2.45, 2.75) is 45.0 Å². The first-order valence-corrected chi connectivity index (χ1v) is 10.2. The molecule has 0 spiro atoms. The Morgan fingerprint density at radius 2 is 1.90 bits per heavy atom. The second-order valence-corrected chi connectivity index (χ2v) is 7.98. The summed E-state index contributed by atoms with van der Waals surface area (Å²) in [5.41, 5.74) is 0.562. The Hall–Kier alpha value is -3.68. The lowest BCUT2D eigenvalue weighted by Crippen LogP contribution is -2.70. The van der Waals surface area contributed by atoms with Crippen LogP contribution in [0.1, 0.15) is 42.9 Å². The number of oxazole rings is 1. The van der Waals surface area contributed by atoms with Crippen molar-refractivity contribution in [1.82, 2.24) is 9.88 Å². The molecule has 2 aliphatic heterocycles. The molecule has 0 N–H and O–H groups in total. The Bertz CT molecular complexity index is 1180. The molecule has 8 heteroatoms. The molecule has 0 bridgehead atoms. The largest absolute Gasteiger partial charge is 0.453 e. The molecule has 3 aromatic rings. The standard InChI is InChI=1S/C23H21N3O5/c1-14(2)25-21(28)15-7-3-5-9-17(15)26-20(27)11-12-23(25,26)22(29)30-13-19-24-16-8-4-6-10-18(16)31-19/h3-10,14H,11-13H2,1-2H3/t23-/m0/s1. The fourth-order valence-electron chi connectivity index (χ4n) is 4.60. The molecule has 2 aliphatic rings. The van der Waals surface area contributed by atoms with Gasteiger partial charge in [0.15, 0.2) is 12.2 Å². The summed E-state index contributed by atoms with van der Waals surface area (Å²) in [6.45, 7) is 3.45. The summed E-state index contributed by atoms with van der Waals surface area (Å²) in [6, 6.07) is 13.8. The van der Waals surface area contributed by atoms with E-state index < -0.39 is 11.6 Å². The van der Waals surface area contributed by atoms with Crippen LogP contribution in [0.4, 0.5) is 5.69 Å². The van der Waals surface area contributed by atoms with Crippen LogP contribution in [0.3, 0.4) is 0 Å². The first-order valence-electron chi connectivity index (χ1n) is 10.2. The maximum Gasteiger partial charge on any atom is 0.354 e. The minimum Gasteiger partial charge on any atom is -0.453 e. The first-order chi connectivity index (χ1) is 14.9. The quantitative estimate of drug-likeness (QED) is 0.603. The molecule has 2 aromatic carbocycles. The zero-order chi connectivity index (χ0) is 21.8. The van der Waals surface area contributed by atoms with E-state index in [-0.39, 0.29) is 43.2 Å². The van der Waals surface area contributed by atoms with Gasteiger partial charge >= 0.3 is 5.97 Å². The molecule has 0 radical (unpaired) electrons. The van der Waals surface area contributed by atoms with E-state index in [4.69, 9.17) is 9.15 Å². The Morgan fingerprint density at radius 3 is 2.68 bits per heavy atom. The molecule has 0 saturated carbocycles. The van der Waals surface area contributed by atoms with Crippen LogP contribution in [0, 0.1) is 0 Å². The number of carbonyl (C=O) groups excluding carboxylic acids is 3. The molecule has 1 fully saturated rings. The minimum atomic E-state index is -1.53. The number of fused-ring (bicyclic) bond motifs is 4. The molecule has 0 aliphatic carbocycles. The Kier molecular flexibility index (Phi) is 4.32. The number of para-hydroxylation sites is 3. The molecular formula is C23H21N3O5. The summed E-state index contributed by atoms with van der Waals surface area (Å²) < 4.78 is 11.2. The highest BCUT2D eigenvalue weighted by atomic mass is 16.5. The summed E-state index contributed by atoms with van der Waals surface area (Å²) in [5, 5.41) is 0. The highest BCUT2D eigenvalue weighted by Gasteiger charge is 2.62. The molecular weight excluding hydrogens is 398 g/mol. The number of amides is 2. The van der Waals surface area contributed by atoms with Crippen LogP contribution in [0.25, 0.3) is 11.1 Å². The highest BCUT2D eigenvalue weighted by Crippen LogP contribution is 2.46. The molecule has 1 saturated heterocycles. The summed E-state index contributed by atoms with van der Waals surface area (Å²) in [6.07, 6.45) is 0.305. The fourth-order valence-corrected chi connectivity index (χ4v) is 4.60. The zero-order valence-electron chi connectivity index (χ0n) is 17.2. The second-order valence-electron chi connectivity index (χ2n) is 7.98. The first kappa shape index (κ1) is 19.3. The summed E-state index contributed by atoms with van der Waals surface area (Å²) >= 11 is 0. The van der Waals surface area contributed by atoms with Crippen LogP contribution in [0.5, 0.6) is 0 Å². The lowest BCUT2D eigenvalue weighted by Gasteiger charge is -2.50. The van der Waals surface area contributed by atoms with Crippen molar-refractivity contribution in [3.63, 3.8) is 0 Å². The van der Waals surface area contributed by atoms with Gasteiger partial charge in [0, 0.05) is 18.9 Å². The Balaban J connectivity index is 1.53. The number of ether oxygens (including phenoxy) is 1. The lowest BCUT2D eigenvalue weighted by atomic mass is 9.95. The lowest BCUT2D eigenvalue weighted by molar-refractivity contribution is -0.160. The van der Waals surface area contributed by atoms with Crippen LogP contribution >= 0.6 is 0 Å². The van der Waals surface area contributed by atoms with Gasteiger partial charge < -0.3 is 14.1 Å². The van der Waals surface area contributed by atoms with Gasteiger partial charge in [0.2, 0.25) is 17.5 Å². The second kappa shape index (κ2) is 6.94. The van der Waals surface area contributed by atoms with Gasteiger partial charge in [-0.2, -0.15) is 0 Å². The minimum absolute atomic E-state index is 0.142. The van der Waals surface area contributed by atoms with E-state index in [2.05, 4.69) is 4.98 Å². The fraction of sp³-hybridized carbons (Fsp3) is 0.304. The predicted octanol–water partition coefficient (Wildman–Crippen LogP) is 3.26. The Labute approximate surface area is 178 Å². The van der Waals surface area contributed by atoms with Crippen molar-refractivity contribution in [3.05, 3.63) is 60.0 Å².